The van der Waals surface area contributed by atoms with Crippen molar-refractivity contribution >= 4 is 35.1 Å². The standard InChI is InChI=1S/C20H23ClN4O3/c1-12-7-19(2,3)11-20(8-12)17(27)25(18(28)24-20)10-16(26)23-15-6-14(21)5-4-13(15)9-22/h4-6,12H,7-8,10-11H2,1-3H3,(H,23,26)(H,24,28)/t12-,20+/m1/s1. The van der Waals surface area contributed by atoms with Crippen molar-refractivity contribution in [3.63, 3.8) is 0 Å². The Morgan fingerprint density at radius 1 is 1.39 bits per heavy atom. The summed E-state index contributed by atoms with van der Waals surface area (Å²) in [4.78, 5) is 39.0. The number of amides is 4. The fourth-order valence-electron chi connectivity index (χ4n) is 4.70. The van der Waals surface area contributed by atoms with Gasteiger partial charge in [0.25, 0.3) is 5.91 Å². The van der Waals surface area contributed by atoms with Gasteiger partial charge in [0.2, 0.25) is 5.91 Å². The van der Waals surface area contributed by atoms with Crippen molar-refractivity contribution in [2.45, 2.75) is 45.6 Å². The molecule has 2 aliphatic rings. The summed E-state index contributed by atoms with van der Waals surface area (Å²) in [7, 11) is 0. The van der Waals surface area contributed by atoms with E-state index in [1.165, 1.54) is 12.1 Å². The molecule has 1 aliphatic carbocycles. The number of rotatable bonds is 3. The van der Waals surface area contributed by atoms with Gasteiger partial charge in [-0.25, -0.2) is 4.79 Å². The number of anilines is 1. The second-order valence-corrected chi connectivity index (χ2v) is 9.04. The molecule has 0 radical (unpaired) electrons. The maximum absolute atomic E-state index is 13.1. The van der Waals surface area contributed by atoms with Gasteiger partial charge >= 0.3 is 6.03 Å². The van der Waals surface area contributed by atoms with Crippen molar-refractivity contribution in [2.24, 2.45) is 11.3 Å². The van der Waals surface area contributed by atoms with Gasteiger partial charge < -0.3 is 10.6 Å². The summed E-state index contributed by atoms with van der Waals surface area (Å²) in [6.07, 6.45) is 2.08. The van der Waals surface area contributed by atoms with Crippen LogP contribution in [0.25, 0.3) is 0 Å². The number of carbonyl (C=O) groups is 3. The quantitative estimate of drug-likeness (QED) is 0.757. The Kier molecular flexibility index (Phi) is 5.11. The normalized spacial score (nSPS) is 26.1. The molecule has 1 aromatic carbocycles. The van der Waals surface area contributed by atoms with E-state index in [1.807, 2.05) is 6.07 Å². The highest BCUT2D eigenvalue weighted by Crippen LogP contribution is 2.46. The average molecular weight is 403 g/mol. The second kappa shape index (κ2) is 7.10. The minimum atomic E-state index is -0.952. The molecule has 1 spiro atoms. The average Bonchev–Trinajstić information content (AvgIpc) is 2.76. The Labute approximate surface area is 169 Å². The minimum Gasteiger partial charge on any atom is -0.323 e. The summed E-state index contributed by atoms with van der Waals surface area (Å²) < 4.78 is 0. The molecule has 148 valence electrons. The number of urea groups is 1. The van der Waals surface area contributed by atoms with E-state index >= 15 is 0 Å². The van der Waals surface area contributed by atoms with Crippen LogP contribution >= 0.6 is 11.6 Å². The van der Waals surface area contributed by atoms with Gasteiger partial charge in [-0.1, -0.05) is 32.4 Å². The lowest BCUT2D eigenvalue weighted by atomic mass is 9.64. The predicted molar refractivity (Wildman–Crippen MR) is 105 cm³/mol. The number of halogens is 1. The minimum absolute atomic E-state index is 0.0820. The monoisotopic (exact) mass is 402 g/mol. The van der Waals surface area contributed by atoms with Crippen molar-refractivity contribution in [3.8, 4) is 6.07 Å². The number of nitrogens with zero attached hydrogens (tertiary/aromatic N) is 2. The van der Waals surface area contributed by atoms with Crippen LogP contribution in [0.3, 0.4) is 0 Å². The van der Waals surface area contributed by atoms with Crippen LogP contribution in [0.5, 0.6) is 0 Å². The summed E-state index contributed by atoms with van der Waals surface area (Å²) in [5.74, 6) is -0.646. The van der Waals surface area contributed by atoms with Gasteiger partial charge in [-0.2, -0.15) is 5.26 Å². The Morgan fingerprint density at radius 2 is 2.11 bits per heavy atom. The van der Waals surface area contributed by atoms with E-state index in [1.54, 1.807) is 6.07 Å². The van der Waals surface area contributed by atoms with Crippen LogP contribution in [-0.4, -0.2) is 34.8 Å². The van der Waals surface area contributed by atoms with E-state index in [-0.39, 0.29) is 28.5 Å². The van der Waals surface area contributed by atoms with E-state index < -0.39 is 24.0 Å². The van der Waals surface area contributed by atoms with Crippen LogP contribution < -0.4 is 10.6 Å². The van der Waals surface area contributed by atoms with Gasteiger partial charge in [0, 0.05) is 5.02 Å². The summed E-state index contributed by atoms with van der Waals surface area (Å²) in [6.45, 7) is 5.82. The molecular formula is C20H23ClN4O3. The van der Waals surface area contributed by atoms with Crippen molar-refractivity contribution in [3.05, 3.63) is 28.8 Å². The van der Waals surface area contributed by atoms with Crippen molar-refractivity contribution in [1.82, 2.24) is 10.2 Å². The number of carbonyl (C=O) groups excluding carboxylic acids is 3. The predicted octanol–water partition coefficient (Wildman–Crippen LogP) is 3.29. The van der Waals surface area contributed by atoms with Crippen LogP contribution in [0.1, 0.15) is 45.6 Å². The molecule has 0 bridgehead atoms. The zero-order chi connectivity index (χ0) is 20.7. The van der Waals surface area contributed by atoms with E-state index in [0.29, 0.717) is 17.9 Å². The first-order valence-electron chi connectivity index (χ1n) is 9.19. The van der Waals surface area contributed by atoms with E-state index in [9.17, 15) is 14.4 Å². The fraction of sp³-hybridized carbons (Fsp3) is 0.500. The second-order valence-electron chi connectivity index (χ2n) is 8.61. The summed E-state index contributed by atoms with van der Waals surface area (Å²) in [5.41, 5.74) is -0.545. The zero-order valence-corrected chi connectivity index (χ0v) is 16.9. The molecule has 4 amide bonds. The Hall–Kier alpha value is -2.59. The van der Waals surface area contributed by atoms with Crippen LogP contribution in [0.4, 0.5) is 10.5 Å². The molecule has 8 heteroatoms. The van der Waals surface area contributed by atoms with Crippen LogP contribution in [0.2, 0.25) is 5.02 Å². The molecule has 7 nitrogen and oxygen atoms in total. The maximum Gasteiger partial charge on any atom is 0.325 e. The van der Waals surface area contributed by atoms with Gasteiger partial charge in [-0.3, -0.25) is 14.5 Å². The highest BCUT2D eigenvalue weighted by atomic mass is 35.5. The molecule has 28 heavy (non-hydrogen) atoms. The SMILES string of the molecule is C[C@@H]1CC(C)(C)C[C@]2(C1)NC(=O)N(CC(=O)Nc1cc(Cl)ccc1C#N)C2=O. The Morgan fingerprint density at radius 3 is 2.75 bits per heavy atom. The summed E-state index contributed by atoms with van der Waals surface area (Å²) in [5, 5.41) is 14.9. The number of nitrogens with one attached hydrogen (secondary N) is 2. The molecule has 2 N–H and O–H groups in total. The first kappa shape index (κ1) is 20.2. The highest BCUT2D eigenvalue weighted by Gasteiger charge is 2.56. The number of hydrogen-bond donors (Lipinski definition) is 2. The number of hydrogen-bond acceptors (Lipinski definition) is 4. The molecule has 1 aliphatic heterocycles. The van der Waals surface area contributed by atoms with E-state index in [4.69, 9.17) is 16.9 Å². The third-order valence-electron chi connectivity index (χ3n) is 5.30. The van der Waals surface area contributed by atoms with Crippen molar-refractivity contribution in [1.29, 1.82) is 5.26 Å². The Balaban J connectivity index is 1.76. The molecule has 0 aromatic heterocycles. The lowest BCUT2D eigenvalue weighted by Gasteiger charge is -2.43. The molecule has 1 aromatic rings. The molecule has 1 saturated carbocycles. The van der Waals surface area contributed by atoms with Crippen molar-refractivity contribution < 1.29 is 14.4 Å². The largest absolute Gasteiger partial charge is 0.325 e. The number of nitriles is 1. The first-order valence-corrected chi connectivity index (χ1v) is 9.57. The Bertz CT molecular complexity index is 892. The third kappa shape index (κ3) is 3.83. The van der Waals surface area contributed by atoms with Gasteiger partial charge in [-0.05, 0) is 48.8 Å². The van der Waals surface area contributed by atoms with Gasteiger partial charge in [0.05, 0.1) is 11.3 Å². The summed E-state index contributed by atoms with van der Waals surface area (Å²) in [6, 6.07) is 5.90. The van der Waals surface area contributed by atoms with Gasteiger partial charge in [0.1, 0.15) is 18.2 Å². The first-order chi connectivity index (χ1) is 13.0. The van der Waals surface area contributed by atoms with Gasteiger partial charge in [0.15, 0.2) is 0 Å². The topological polar surface area (TPSA) is 102 Å². The number of benzene rings is 1. The smallest absolute Gasteiger partial charge is 0.323 e. The molecule has 3 rings (SSSR count). The number of imide groups is 1. The molecular weight excluding hydrogens is 380 g/mol. The lowest BCUT2D eigenvalue weighted by Crippen LogP contribution is -2.54. The fourth-order valence-corrected chi connectivity index (χ4v) is 4.87. The lowest BCUT2D eigenvalue weighted by molar-refractivity contribution is -0.136. The summed E-state index contributed by atoms with van der Waals surface area (Å²) >= 11 is 5.92. The molecule has 1 heterocycles. The van der Waals surface area contributed by atoms with Crippen LogP contribution in [-0.2, 0) is 9.59 Å². The van der Waals surface area contributed by atoms with Crippen LogP contribution in [0, 0.1) is 22.7 Å². The highest BCUT2D eigenvalue weighted by molar-refractivity contribution is 6.31. The molecule has 0 unspecified atom stereocenters. The van der Waals surface area contributed by atoms with Crippen molar-refractivity contribution in [2.75, 3.05) is 11.9 Å². The van der Waals surface area contributed by atoms with E-state index in [0.717, 1.165) is 11.3 Å². The molecule has 2 atom stereocenters. The third-order valence-corrected chi connectivity index (χ3v) is 5.54. The van der Waals surface area contributed by atoms with E-state index in [2.05, 4.69) is 31.4 Å². The zero-order valence-electron chi connectivity index (χ0n) is 16.1. The maximum atomic E-state index is 13.1. The van der Waals surface area contributed by atoms with Gasteiger partial charge in [-0.15, -0.1) is 0 Å². The molecule has 1 saturated heterocycles. The molecule has 2 fully saturated rings. The van der Waals surface area contributed by atoms with Crippen LogP contribution in [0.15, 0.2) is 18.2 Å².